The number of anilines is 1. The topological polar surface area (TPSA) is 52.9 Å². The molecule has 2 saturated carbocycles. The van der Waals surface area contributed by atoms with Gasteiger partial charge in [-0.1, -0.05) is 18.6 Å². The minimum absolute atomic E-state index is 0.181. The van der Waals surface area contributed by atoms with Crippen LogP contribution in [0.1, 0.15) is 31.2 Å². The zero-order valence-electron chi connectivity index (χ0n) is 10.9. The normalized spacial score (nSPS) is 28.1. The Hall–Kier alpha value is -1.82. The lowest BCUT2D eigenvalue weighted by atomic mass is 9.88. The van der Waals surface area contributed by atoms with Gasteiger partial charge in [0, 0.05) is 11.6 Å². The average Bonchev–Trinajstić information content (AvgIpc) is 3.04. The summed E-state index contributed by atoms with van der Waals surface area (Å²) >= 11 is 0. The molecule has 3 rings (SSSR count). The zero-order chi connectivity index (χ0) is 13.2. The highest BCUT2D eigenvalue weighted by Crippen LogP contribution is 2.48. The maximum absolute atomic E-state index is 12.3. The number of amides is 1. The molecule has 3 unspecified atom stereocenters. The van der Waals surface area contributed by atoms with Crippen molar-refractivity contribution in [2.75, 3.05) is 5.32 Å². The van der Waals surface area contributed by atoms with Gasteiger partial charge in [-0.25, -0.2) is 0 Å². The summed E-state index contributed by atoms with van der Waals surface area (Å²) in [6.07, 6.45) is 5.28. The van der Waals surface area contributed by atoms with Crippen molar-refractivity contribution >= 4 is 11.6 Å². The van der Waals surface area contributed by atoms with Gasteiger partial charge in [-0.15, -0.1) is 0 Å². The fourth-order valence-corrected chi connectivity index (χ4v) is 3.60. The van der Waals surface area contributed by atoms with E-state index >= 15 is 0 Å². The van der Waals surface area contributed by atoms with Crippen LogP contribution < -0.4 is 5.32 Å². The number of hydrogen-bond donors (Lipinski definition) is 1. The second-order valence-corrected chi connectivity index (χ2v) is 5.80. The van der Waals surface area contributed by atoms with Crippen LogP contribution in [0.15, 0.2) is 24.3 Å². The van der Waals surface area contributed by atoms with Gasteiger partial charge in [0.2, 0.25) is 5.91 Å². The van der Waals surface area contributed by atoms with Gasteiger partial charge in [0.25, 0.3) is 0 Å². The first kappa shape index (κ1) is 12.2. The molecule has 19 heavy (non-hydrogen) atoms. The molecule has 3 nitrogen and oxygen atoms in total. The summed E-state index contributed by atoms with van der Waals surface area (Å²) in [5, 5.41) is 11.6. The van der Waals surface area contributed by atoms with Crippen molar-refractivity contribution in [2.45, 2.75) is 32.1 Å². The SMILES string of the molecule is N#CCc1ccc(NC(=O)C2CC3CCC2C3)cc1. The van der Waals surface area contributed by atoms with Gasteiger partial charge in [0.15, 0.2) is 0 Å². The minimum atomic E-state index is 0.181. The Kier molecular flexibility index (Phi) is 3.25. The van der Waals surface area contributed by atoms with Crippen molar-refractivity contribution in [1.82, 2.24) is 0 Å². The third kappa shape index (κ3) is 2.49. The molecule has 1 amide bonds. The number of hydrogen-bond acceptors (Lipinski definition) is 2. The highest BCUT2D eigenvalue weighted by atomic mass is 16.1. The Morgan fingerprint density at radius 1 is 1.26 bits per heavy atom. The van der Waals surface area contributed by atoms with Crippen molar-refractivity contribution in [1.29, 1.82) is 5.26 Å². The van der Waals surface area contributed by atoms with Gasteiger partial charge in [0.05, 0.1) is 12.5 Å². The Balaban J connectivity index is 1.62. The summed E-state index contributed by atoms with van der Waals surface area (Å²) in [6, 6.07) is 9.70. The average molecular weight is 254 g/mol. The van der Waals surface area contributed by atoms with Crippen LogP contribution in [0.25, 0.3) is 0 Å². The van der Waals surface area contributed by atoms with E-state index in [2.05, 4.69) is 11.4 Å². The van der Waals surface area contributed by atoms with Crippen LogP contribution in [0, 0.1) is 29.1 Å². The molecule has 0 aromatic heterocycles. The van der Waals surface area contributed by atoms with Crippen molar-refractivity contribution in [3.05, 3.63) is 29.8 Å². The van der Waals surface area contributed by atoms with Crippen molar-refractivity contribution < 1.29 is 4.79 Å². The summed E-state index contributed by atoms with van der Waals surface area (Å²) in [7, 11) is 0. The fraction of sp³-hybridized carbons (Fsp3) is 0.500. The number of benzene rings is 1. The fourth-order valence-electron chi connectivity index (χ4n) is 3.60. The van der Waals surface area contributed by atoms with Gasteiger partial charge in [0.1, 0.15) is 0 Å². The largest absolute Gasteiger partial charge is 0.326 e. The van der Waals surface area contributed by atoms with Gasteiger partial charge >= 0.3 is 0 Å². The Morgan fingerprint density at radius 2 is 2.05 bits per heavy atom. The van der Waals surface area contributed by atoms with Crippen LogP contribution >= 0.6 is 0 Å². The van der Waals surface area contributed by atoms with Gasteiger partial charge in [-0.3, -0.25) is 4.79 Å². The maximum Gasteiger partial charge on any atom is 0.227 e. The predicted octanol–water partition coefficient (Wildman–Crippen LogP) is 3.13. The summed E-state index contributed by atoms with van der Waals surface area (Å²) in [5.74, 6) is 1.80. The number of carbonyl (C=O) groups excluding carboxylic acids is 1. The summed E-state index contributed by atoms with van der Waals surface area (Å²) in [4.78, 5) is 12.3. The Morgan fingerprint density at radius 3 is 2.63 bits per heavy atom. The first-order valence-electron chi connectivity index (χ1n) is 7.03. The molecule has 1 N–H and O–H groups in total. The van der Waals surface area contributed by atoms with Crippen molar-refractivity contribution in [3.8, 4) is 6.07 Å². The highest BCUT2D eigenvalue weighted by molar-refractivity contribution is 5.93. The molecule has 2 bridgehead atoms. The lowest BCUT2D eigenvalue weighted by Gasteiger charge is -2.20. The van der Waals surface area contributed by atoms with E-state index in [0.717, 1.165) is 23.6 Å². The number of nitriles is 1. The first-order valence-corrected chi connectivity index (χ1v) is 7.03. The zero-order valence-corrected chi connectivity index (χ0v) is 10.9. The number of nitrogens with zero attached hydrogens (tertiary/aromatic N) is 1. The predicted molar refractivity (Wildman–Crippen MR) is 73.3 cm³/mol. The van der Waals surface area contributed by atoms with Crippen molar-refractivity contribution in [3.63, 3.8) is 0 Å². The quantitative estimate of drug-likeness (QED) is 0.901. The van der Waals surface area contributed by atoms with E-state index in [0.29, 0.717) is 12.3 Å². The monoisotopic (exact) mass is 254 g/mol. The van der Waals surface area contributed by atoms with Crippen LogP contribution in [-0.4, -0.2) is 5.91 Å². The molecule has 0 heterocycles. The van der Waals surface area contributed by atoms with E-state index < -0.39 is 0 Å². The molecule has 0 saturated heterocycles. The van der Waals surface area contributed by atoms with Crippen LogP contribution in [0.3, 0.4) is 0 Å². The molecule has 0 radical (unpaired) electrons. The number of fused-ring (bicyclic) bond motifs is 2. The van der Waals surface area contributed by atoms with Crippen LogP contribution in [0.5, 0.6) is 0 Å². The van der Waals surface area contributed by atoms with Gasteiger partial charge < -0.3 is 5.32 Å². The summed E-state index contributed by atoms with van der Waals surface area (Å²) < 4.78 is 0. The molecule has 98 valence electrons. The summed E-state index contributed by atoms with van der Waals surface area (Å²) in [6.45, 7) is 0. The Labute approximate surface area is 113 Å². The molecular formula is C16H18N2O. The lowest BCUT2D eigenvalue weighted by Crippen LogP contribution is -2.27. The van der Waals surface area contributed by atoms with E-state index in [1.807, 2.05) is 24.3 Å². The number of rotatable bonds is 3. The Bertz CT molecular complexity index is 515. The smallest absolute Gasteiger partial charge is 0.227 e. The van der Waals surface area contributed by atoms with Crippen LogP contribution in [-0.2, 0) is 11.2 Å². The van der Waals surface area contributed by atoms with E-state index in [-0.39, 0.29) is 11.8 Å². The summed E-state index contributed by atoms with van der Waals surface area (Å²) in [5.41, 5.74) is 1.83. The maximum atomic E-state index is 12.3. The molecule has 2 aliphatic carbocycles. The molecule has 0 spiro atoms. The van der Waals surface area contributed by atoms with E-state index in [1.165, 1.54) is 19.3 Å². The first-order chi connectivity index (χ1) is 9.26. The molecule has 2 fully saturated rings. The lowest BCUT2D eigenvalue weighted by molar-refractivity contribution is -0.121. The highest BCUT2D eigenvalue weighted by Gasteiger charge is 2.42. The molecule has 1 aromatic carbocycles. The molecule has 3 heteroatoms. The molecule has 0 aliphatic heterocycles. The van der Waals surface area contributed by atoms with Crippen molar-refractivity contribution in [2.24, 2.45) is 17.8 Å². The molecule has 3 atom stereocenters. The van der Waals surface area contributed by atoms with Gasteiger partial charge in [-0.2, -0.15) is 5.26 Å². The second kappa shape index (κ2) is 5.05. The third-order valence-corrected chi connectivity index (χ3v) is 4.58. The number of nitrogens with one attached hydrogen (secondary N) is 1. The van der Waals surface area contributed by atoms with Crippen LogP contribution in [0.4, 0.5) is 5.69 Å². The van der Waals surface area contributed by atoms with E-state index in [4.69, 9.17) is 5.26 Å². The molecular weight excluding hydrogens is 236 g/mol. The number of carbonyl (C=O) groups is 1. The van der Waals surface area contributed by atoms with Gasteiger partial charge in [-0.05, 0) is 48.8 Å². The minimum Gasteiger partial charge on any atom is -0.326 e. The third-order valence-electron chi connectivity index (χ3n) is 4.58. The molecule has 2 aliphatic rings. The van der Waals surface area contributed by atoms with Crippen LogP contribution in [0.2, 0.25) is 0 Å². The molecule has 1 aromatic rings. The van der Waals surface area contributed by atoms with E-state index in [9.17, 15) is 4.79 Å². The second-order valence-electron chi connectivity index (χ2n) is 5.80. The standard InChI is InChI=1S/C16H18N2O/c17-8-7-11-2-5-14(6-3-11)18-16(19)15-10-12-1-4-13(15)9-12/h2-3,5-6,12-13,15H,1,4,7,9-10H2,(H,18,19). The van der Waals surface area contributed by atoms with E-state index in [1.54, 1.807) is 0 Å².